The lowest BCUT2D eigenvalue weighted by atomic mass is 9.94. The first kappa shape index (κ1) is 18.2. The van der Waals surface area contributed by atoms with Crippen molar-refractivity contribution in [2.24, 2.45) is 5.41 Å². The first-order valence-corrected chi connectivity index (χ1v) is 7.81. The number of amides is 2. The third kappa shape index (κ3) is 5.16. The molecule has 6 heteroatoms. The highest BCUT2D eigenvalue weighted by Gasteiger charge is 2.28. The Balaban J connectivity index is 2.77. The molecule has 1 N–H and O–H groups in total. The van der Waals surface area contributed by atoms with Gasteiger partial charge in [-0.2, -0.15) is 0 Å². The lowest BCUT2D eigenvalue weighted by molar-refractivity contribution is -0.140. The lowest BCUT2D eigenvalue weighted by Crippen LogP contribution is -2.39. The molecule has 2 amide bonds. The Bertz CT molecular complexity index is 503. The number of rotatable bonds is 7. The second kappa shape index (κ2) is 7.96. The van der Waals surface area contributed by atoms with Crippen molar-refractivity contribution in [3.8, 4) is 0 Å². The molecule has 0 aromatic carbocycles. The standard InChI is InChI=1S/C16H27N3O3/c1-6-8-17-14(20)12-11-22-13(18-12)10-19(9-7-2)15(21)16(3,4)5/h11H,6-10H2,1-5H3,(H,17,20). The SMILES string of the molecule is CCCNC(=O)c1coc(CN(CCC)C(=O)C(C)(C)C)n1. The van der Waals surface area contributed by atoms with Gasteiger partial charge in [0.15, 0.2) is 5.69 Å². The number of nitrogens with zero attached hydrogens (tertiary/aromatic N) is 2. The number of hydrogen-bond donors (Lipinski definition) is 1. The molecule has 0 spiro atoms. The highest BCUT2D eigenvalue weighted by atomic mass is 16.3. The largest absolute Gasteiger partial charge is 0.446 e. The molecule has 22 heavy (non-hydrogen) atoms. The third-order valence-electron chi connectivity index (χ3n) is 3.07. The molecule has 0 aliphatic rings. The summed E-state index contributed by atoms with van der Waals surface area (Å²) in [5.41, 5.74) is -0.202. The molecule has 0 saturated heterocycles. The second-order valence-electron chi connectivity index (χ2n) is 6.36. The van der Waals surface area contributed by atoms with E-state index in [4.69, 9.17) is 4.42 Å². The van der Waals surface area contributed by atoms with Crippen molar-refractivity contribution in [1.82, 2.24) is 15.2 Å². The number of carbonyl (C=O) groups excluding carboxylic acids is 2. The Hall–Kier alpha value is -1.85. The lowest BCUT2D eigenvalue weighted by Gasteiger charge is -2.28. The van der Waals surface area contributed by atoms with Crippen molar-refractivity contribution in [2.45, 2.75) is 54.0 Å². The van der Waals surface area contributed by atoms with Crippen molar-refractivity contribution in [3.05, 3.63) is 17.8 Å². The molecule has 1 rings (SSSR count). The zero-order valence-corrected chi connectivity index (χ0v) is 14.2. The Labute approximate surface area is 132 Å². The van der Waals surface area contributed by atoms with E-state index < -0.39 is 5.41 Å². The van der Waals surface area contributed by atoms with Gasteiger partial charge in [0.25, 0.3) is 5.91 Å². The number of carbonyl (C=O) groups is 2. The van der Waals surface area contributed by atoms with E-state index in [0.29, 0.717) is 19.0 Å². The summed E-state index contributed by atoms with van der Waals surface area (Å²) in [5, 5.41) is 2.75. The molecule has 0 bridgehead atoms. The topological polar surface area (TPSA) is 75.4 Å². The molecule has 1 aromatic rings. The van der Waals surface area contributed by atoms with E-state index in [-0.39, 0.29) is 24.1 Å². The van der Waals surface area contributed by atoms with Crippen LogP contribution in [0.1, 0.15) is 63.8 Å². The zero-order chi connectivity index (χ0) is 16.8. The molecular weight excluding hydrogens is 282 g/mol. The third-order valence-corrected chi connectivity index (χ3v) is 3.07. The van der Waals surface area contributed by atoms with E-state index in [1.165, 1.54) is 6.26 Å². The van der Waals surface area contributed by atoms with Crippen molar-refractivity contribution in [2.75, 3.05) is 13.1 Å². The summed E-state index contributed by atoms with van der Waals surface area (Å²) in [5.74, 6) is 0.179. The Kier molecular flexibility index (Phi) is 6.59. The van der Waals surface area contributed by atoms with Crippen LogP contribution in [0.25, 0.3) is 0 Å². The van der Waals surface area contributed by atoms with Gasteiger partial charge >= 0.3 is 0 Å². The van der Waals surface area contributed by atoms with Crippen LogP contribution in [0.5, 0.6) is 0 Å². The number of hydrogen-bond acceptors (Lipinski definition) is 4. The molecule has 6 nitrogen and oxygen atoms in total. The molecule has 0 unspecified atom stereocenters. The van der Waals surface area contributed by atoms with Crippen LogP contribution in [0.4, 0.5) is 0 Å². The molecular formula is C16H27N3O3. The summed E-state index contributed by atoms with van der Waals surface area (Å²) in [4.78, 5) is 30.1. The first-order valence-electron chi connectivity index (χ1n) is 7.81. The predicted octanol–water partition coefficient (Wildman–Crippen LogP) is 2.60. The monoisotopic (exact) mass is 309 g/mol. The Morgan fingerprint density at radius 3 is 2.50 bits per heavy atom. The molecule has 0 fully saturated rings. The van der Waals surface area contributed by atoms with Crippen LogP contribution in [0, 0.1) is 5.41 Å². The normalized spacial score (nSPS) is 11.3. The molecule has 1 aromatic heterocycles. The molecule has 0 saturated carbocycles. The van der Waals surface area contributed by atoms with E-state index in [0.717, 1.165) is 12.8 Å². The fraction of sp³-hybridized carbons (Fsp3) is 0.688. The maximum absolute atomic E-state index is 12.4. The Morgan fingerprint density at radius 2 is 1.95 bits per heavy atom. The van der Waals surface area contributed by atoms with Crippen molar-refractivity contribution < 1.29 is 14.0 Å². The van der Waals surface area contributed by atoms with Crippen LogP contribution in [0.3, 0.4) is 0 Å². The van der Waals surface area contributed by atoms with Crippen molar-refractivity contribution >= 4 is 11.8 Å². The van der Waals surface area contributed by atoms with Crippen LogP contribution in [-0.4, -0.2) is 34.8 Å². The minimum Gasteiger partial charge on any atom is -0.446 e. The first-order chi connectivity index (χ1) is 10.3. The summed E-state index contributed by atoms with van der Waals surface area (Å²) in [6.45, 7) is 11.2. The van der Waals surface area contributed by atoms with Gasteiger partial charge in [-0.3, -0.25) is 9.59 Å². The maximum Gasteiger partial charge on any atom is 0.273 e. The van der Waals surface area contributed by atoms with Crippen LogP contribution in [0.15, 0.2) is 10.7 Å². The summed E-state index contributed by atoms with van der Waals surface area (Å²) < 4.78 is 5.34. The minimum atomic E-state index is -0.455. The minimum absolute atomic E-state index is 0.0459. The quantitative estimate of drug-likeness (QED) is 0.840. The summed E-state index contributed by atoms with van der Waals surface area (Å²) in [7, 11) is 0. The smallest absolute Gasteiger partial charge is 0.273 e. The van der Waals surface area contributed by atoms with E-state index >= 15 is 0 Å². The summed E-state index contributed by atoms with van der Waals surface area (Å²) in [6.07, 6.45) is 3.05. The van der Waals surface area contributed by atoms with Gasteiger partial charge in [0.1, 0.15) is 6.26 Å². The fourth-order valence-corrected chi connectivity index (χ4v) is 1.98. The van der Waals surface area contributed by atoms with Gasteiger partial charge in [-0.1, -0.05) is 34.6 Å². The van der Waals surface area contributed by atoms with Gasteiger partial charge in [0, 0.05) is 18.5 Å². The highest BCUT2D eigenvalue weighted by molar-refractivity contribution is 5.91. The number of oxazole rings is 1. The molecule has 0 aliphatic heterocycles. The van der Waals surface area contributed by atoms with Crippen molar-refractivity contribution in [3.63, 3.8) is 0 Å². The average Bonchev–Trinajstić information content (AvgIpc) is 2.91. The van der Waals surface area contributed by atoms with Crippen molar-refractivity contribution in [1.29, 1.82) is 0 Å². The van der Waals surface area contributed by atoms with Gasteiger partial charge in [-0.15, -0.1) is 0 Å². The van der Waals surface area contributed by atoms with Gasteiger partial charge in [0.2, 0.25) is 11.8 Å². The number of nitrogens with one attached hydrogen (secondary N) is 1. The van der Waals surface area contributed by atoms with Crippen LogP contribution < -0.4 is 5.32 Å². The van der Waals surface area contributed by atoms with Crippen LogP contribution in [0.2, 0.25) is 0 Å². The van der Waals surface area contributed by atoms with Gasteiger partial charge in [-0.25, -0.2) is 4.98 Å². The van der Waals surface area contributed by atoms with Gasteiger partial charge in [0.05, 0.1) is 6.54 Å². The average molecular weight is 309 g/mol. The molecule has 0 radical (unpaired) electrons. The molecule has 0 atom stereocenters. The van der Waals surface area contributed by atoms with E-state index in [1.54, 1.807) is 4.90 Å². The van der Waals surface area contributed by atoms with E-state index in [2.05, 4.69) is 10.3 Å². The zero-order valence-electron chi connectivity index (χ0n) is 14.2. The van der Waals surface area contributed by atoms with E-state index in [1.807, 2.05) is 34.6 Å². The molecule has 0 aliphatic carbocycles. The Morgan fingerprint density at radius 1 is 1.27 bits per heavy atom. The molecule has 1 heterocycles. The molecule has 124 valence electrons. The van der Waals surface area contributed by atoms with Gasteiger partial charge in [-0.05, 0) is 12.8 Å². The fourth-order valence-electron chi connectivity index (χ4n) is 1.98. The van der Waals surface area contributed by atoms with Gasteiger partial charge < -0.3 is 14.6 Å². The van der Waals surface area contributed by atoms with Crippen LogP contribution in [-0.2, 0) is 11.3 Å². The number of aromatic nitrogens is 1. The van der Waals surface area contributed by atoms with Crippen LogP contribution >= 0.6 is 0 Å². The maximum atomic E-state index is 12.4. The van der Waals surface area contributed by atoms with E-state index in [9.17, 15) is 9.59 Å². The highest BCUT2D eigenvalue weighted by Crippen LogP contribution is 2.19. The summed E-state index contributed by atoms with van der Waals surface area (Å²) in [6, 6.07) is 0. The predicted molar refractivity (Wildman–Crippen MR) is 84.3 cm³/mol. The summed E-state index contributed by atoms with van der Waals surface area (Å²) >= 11 is 0. The second-order valence-corrected chi connectivity index (χ2v) is 6.36.